The molecule has 0 aromatic heterocycles. The Morgan fingerprint density at radius 3 is 2.35 bits per heavy atom. The number of unbranched alkanes of at least 4 members (excludes halogenated alkanes) is 1. The quantitative estimate of drug-likeness (QED) is 0.701. The zero-order valence-electron chi connectivity index (χ0n) is 14.9. The van der Waals surface area contributed by atoms with Crippen molar-refractivity contribution in [1.82, 2.24) is 0 Å². The van der Waals surface area contributed by atoms with E-state index in [0.717, 1.165) is 24.9 Å². The van der Waals surface area contributed by atoms with E-state index in [1.54, 1.807) is 18.2 Å². The molecule has 5 nitrogen and oxygen atoms in total. The van der Waals surface area contributed by atoms with Gasteiger partial charge in [-0.15, -0.1) is 0 Å². The van der Waals surface area contributed by atoms with E-state index in [9.17, 15) is 13.7 Å². The molecule has 0 saturated heterocycles. The van der Waals surface area contributed by atoms with Crippen LogP contribution < -0.4 is 10.1 Å². The largest absolute Gasteiger partial charge is 0.497 e. The minimum atomic E-state index is -3.88. The van der Waals surface area contributed by atoms with Gasteiger partial charge in [0, 0.05) is 11.9 Å². The Labute approximate surface area is 154 Å². The third kappa shape index (κ3) is 4.87. The molecule has 0 aliphatic heterocycles. The number of sulfone groups is 1. The number of nitrogens with one attached hydrogen (secondary N) is 1. The minimum absolute atomic E-state index is 0.0443. The van der Waals surface area contributed by atoms with Gasteiger partial charge in [0.1, 0.15) is 11.8 Å². The number of nitrogens with zero attached hydrogens (tertiary/aromatic N) is 1. The van der Waals surface area contributed by atoms with Crippen molar-refractivity contribution >= 4 is 15.5 Å². The van der Waals surface area contributed by atoms with Gasteiger partial charge in [-0.1, -0.05) is 25.5 Å². The Kier molecular flexibility index (Phi) is 6.81. The Morgan fingerprint density at radius 2 is 1.81 bits per heavy atom. The molecule has 0 aliphatic rings. The van der Waals surface area contributed by atoms with Crippen LogP contribution >= 0.6 is 0 Å². The summed E-state index contributed by atoms with van der Waals surface area (Å²) in [6, 6.07) is 15.4. The van der Waals surface area contributed by atoms with Gasteiger partial charge in [-0.05, 0) is 54.8 Å². The topological polar surface area (TPSA) is 79.2 Å². The maximum Gasteiger partial charge on any atom is 0.218 e. The maximum absolute atomic E-state index is 12.6. The van der Waals surface area contributed by atoms with Gasteiger partial charge in [0.05, 0.1) is 12.0 Å². The molecule has 0 atom stereocenters. The van der Waals surface area contributed by atoms with Gasteiger partial charge in [0.25, 0.3) is 0 Å². The first kappa shape index (κ1) is 19.5. The Bertz CT molecular complexity index is 894. The molecule has 0 saturated carbocycles. The predicted octanol–water partition coefficient (Wildman–Crippen LogP) is 4.29. The molecule has 0 radical (unpaired) electrons. The average Bonchev–Trinajstić information content (AvgIpc) is 2.67. The first-order valence-electron chi connectivity index (χ1n) is 8.36. The minimum Gasteiger partial charge on any atom is -0.497 e. The van der Waals surface area contributed by atoms with Crippen molar-refractivity contribution < 1.29 is 13.2 Å². The number of ether oxygens (including phenoxy) is 1. The normalized spacial score (nSPS) is 11.7. The fraction of sp³-hybridized carbons (Fsp3) is 0.250. The molecule has 2 aromatic rings. The molecule has 2 aromatic carbocycles. The third-order valence-corrected chi connectivity index (χ3v) is 5.59. The molecule has 0 spiro atoms. The molecular formula is C20H22N2O3S. The van der Waals surface area contributed by atoms with Gasteiger partial charge in [-0.2, -0.15) is 5.26 Å². The number of rotatable bonds is 8. The summed E-state index contributed by atoms with van der Waals surface area (Å²) in [5.74, 6) is 0.549. The van der Waals surface area contributed by atoms with Gasteiger partial charge in [-0.3, -0.25) is 0 Å². The van der Waals surface area contributed by atoms with E-state index in [2.05, 4.69) is 12.2 Å². The van der Waals surface area contributed by atoms with Crippen molar-refractivity contribution in [2.24, 2.45) is 0 Å². The first-order chi connectivity index (χ1) is 12.5. The van der Waals surface area contributed by atoms with E-state index in [1.165, 1.54) is 31.0 Å². The van der Waals surface area contributed by atoms with Gasteiger partial charge < -0.3 is 10.1 Å². The van der Waals surface area contributed by atoms with Crippen LogP contribution in [0, 0.1) is 11.3 Å². The summed E-state index contributed by atoms with van der Waals surface area (Å²) in [5, 5.41) is 12.2. The monoisotopic (exact) mass is 370 g/mol. The lowest BCUT2D eigenvalue weighted by Crippen LogP contribution is -2.05. The molecular weight excluding hydrogens is 348 g/mol. The molecule has 2 rings (SSSR count). The number of anilines is 1. The highest BCUT2D eigenvalue weighted by molar-refractivity contribution is 7.95. The molecule has 136 valence electrons. The van der Waals surface area contributed by atoms with Gasteiger partial charge in [0.2, 0.25) is 9.84 Å². The molecule has 0 aliphatic carbocycles. The number of allylic oxidation sites excluding steroid dienone is 1. The maximum atomic E-state index is 12.6. The Hall–Kier alpha value is -2.78. The summed E-state index contributed by atoms with van der Waals surface area (Å²) >= 11 is 0. The van der Waals surface area contributed by atoms with Crippen molar-refractivity contribution in [2.75, 3.05) is 12.4 Å². The summed E-state index contributed by atoms with van der Waals surface area (Å²) in [4.78, 5) is -0.305. The second kappa shape index (κ2) is 9.07. The fourth-order valence-electron chi connectivity index (χ4n) is 2.35. The number of nitriles is 1. The highest BCUT2D eigenvalue weighted by Gasteiger charge is 2.20. The highest BCUT2D eigenvalue weighted by Crippen LogP contribution is 2.22. The highest BCUT2D eigenvalue weighted by atomic mass is 32.2. The van der Waals surface area contributed by atoms with Crippen LogP contribution in [0.2, 0.25) is 0 Å². The van der Waals surface area contributed by atoms with Gasteiger partial charge in [-0.25, -0.2) is 8.42 Å². The van der Waals surface area contributed by atoms with Crippen LogP contribution in [0.15, 0.2) is 64.5 Å². The number of methoxy groups -OCH3 is 1. The molecule has 0 unspecified atom stereocenters. The average molecular weight is 370 g/mol. The lowest BCUT2D eigenvalue weighted by Gasteiger charge is -2.07. The summed E-state index contributed by atoms with van der Waals surface area (Å²) in [6.45, 7) is 2.15. The lowest BCUT2D eigenvalue weighted by atomic mass is 10.1. The SMILES string of the molecule is CCCCc1ccc(N/C=C(\C#N)S(=O)(=O)c2ccc(OC)cc2)cc1. The predicted molar refractivity (Wildman–Crippen MR) is 103 cm³/mol. The van der Waals surface area contributed by atoms with E-state index >= 15 is 0 Å². The van der Waals surface area contributed by atoms with Gasteiger partial charge in [0.15, 0.2) is 4.91 Å². The number of hydrogen-bond donors (Lipinski definition) is 1. The molecule has 0 heterocycles. The van der Waals surface area contributed by atoms with Gasteiger partial charge >= 0.3 is 0 Å². The van der Waals surface area contributed by atoms with E-state index in [1.807, 2.05) is 24.3 Å². The van der Waals surface area contributed by atoms with E-state index in [4.69, 9.17) is 4.74 Å². The van der Waals surface area contributed by atoms with Crippen LogP contribution in [0.5, 0.6) is 5.75 Å². The number of hydrogen-bond acceptors (Lipinski definition) is 5. The second-order valence-corrected chi connectivity index (χ2v) is 7.66. The standard InChI is InChI=1S/C20H22N2O3S/c1-3-4-5-16-6-8-17(9-7-16)22-15-20(14-21)26(23,24)19-12-10-18(25-2)11-13-19/h6-13,15,22H,3-5H2,1-2H3/b20-15+. The molecule has 0 amide bonds. The number of benzene rings is 2. The van der Waals surface area contributed by atoms with Crippen molar-refractivity contribution in [3.63, 3.8) is 0 Å². The van der Waals surface area contributed by atoms with Crippen LogP contribution in [0.4, 0.5) is 5.69 Å². The van der Waals surface area contributed by atoms with Crippen LogP contribution in [0.1, 0.15) is 25.3 Å². The van der Waals surface area contributed by atoms with Crippen LogP contribution in [-0.2, 0) is 16.3 Å². The van der Waals surface area contributed by atoms with Crippen molar-refractivity contribution in [3.8, 4) is 11.8 Å². The summed E-state index contributed by atoms with van der Waals surface area (Å²) < 4.78 is 30.2. The molecule has 1 N–H and O–H groups in total. The fourth-order valence-corrected chi connectivity index (χ4v) is 3.43. The molecule has 0 bridgehead atoms. The van der Waals surface area contributed by atoms with Crippen molar-refractivity contribution in [1.29, 1.82) is 5.26 Å². The van der Waals surface area contributed by atoms with Crippen LogP contribution in [-0.4, -0.2) is 15.5 Å². The van der Waals surface area contributed by atoms with E-state index in [0.29, 0.717) is 5.75 Å². The summed E-state index contributed by atoms with van der Waals surface area (Å²) in [6.07, 6.45) is 4.51. The van der Waals surface area contributed by atoms with Crippen LogP contribution in [0.3, 0.4) is 0 Å². The summed E-state index contributed by atoms with van der Waals surface area (Å²) in [5.41, 5.74) is 1.95. The van der Waals surface area contributed by atoms with Crippen molar-refractivity contribution in [2.45, 2.75) is 31.1 Å². The van der Waals surface area contributed by atoms with Crippen molar-refractivity contribution in [3.05, 3.63) is 65.2 Å². The zero-order valence-corrected chi connectivity index (χ0v) is 15.7. The summed E-state index contributed by atoms with van der Waals surface area (Å²) in [7, 11) is -2.38. The third-order valence-electron chi connectivity index (χ3n) is 3.91. The molecule has 0 fully saturated rings. The zero-order chi connectivity index (χ0) is 19.0. The van der Waals surface area contributed by atoms with E-state index in [-0.39, 0.29) is 9.80 Å². The molecule has 6 heteroatoms. The number of aryl methyl sites for hydroxylation is 1. The smallest absolute Gasteiger partial charge is 0.218 e. The second-order valence-electron chi connectivity index (χ2n) is 5.74. The van der Waals surface area contributed by atoms with Crippen LogP contribution in [0.25, 0.3) is 0 Å². The molecule has 26 heavy (non-hydrogen) atoms. The Morgan fingerprint density at radius 1 is 1.15 bits per heavy atom. The first-order valence-corrected chi connectivity index (χ1v) is 9.84. The van der Waals surface area contributed by atoms with E-state index < -0.39 is 9.84 Å². The Balaban J connectivity index is 2.17. The lowest BCUT2D eigenvalue weighted by molar-refractivity contribution is 0.414.